The van der Waals surface area contributed by atoms with Crippen molar-refractivity contribution in [1.82, 2.24) is 4.90 Å². The summed E-state index contributed by atoms with van der Waals surface area (Å²) in [5.74, 6) is 1.96. The summed E-state index contributed by atoms with van der Waals surface area (Å²) in [5, 5.41) is 0. The van der Waals surface area contributed by atoms with E-state index in [-0.39, 0.29) is 5.91 Å². The molecule has 0 saturated carbocycles. The molecular formula is C17H26N2O2. The molecule has 116 valence electrons. The molecule has 1 heterocycles. The van der Waals surface area contributed by atoms with Crippen LogP contribution in [0, 0.1) is 11.8 Å². The minimum atomic E-state index is 0.258. The maximum atomic E-state index is 12.3. The molecule has 0 aliphatic carbocycles. The maximum absolute atomic E-state index is 12.3. The number of methoxy groups -OCH3 is 1. The standard InChI is InChI=1S/C17H26N2O2/c1-13(9-15-5-3-4-6-16(15)21-2)10-17(20)19-8-7-14(11-18)12-19/h3-6,13-14H,7-12,18H2,1-2H3/t13-,14-/m1/s1. The Labute approximate surface area is 127 Å². The number of carbonyl (C=O) groups is 1. The van der Waals surface area contributed by atoms with E-state index in [1.54, 1.807) is 7.11 Å². The summed E-state index contributed by atoms with van der Waals surface area (Å²) >= 11 is 0. The first-order chi connectivity index (χ1) is 10.1. The van der Waals surface area contributed by atoms with Gasteiger partial charge < -0.3 is 15.4 Å². The van der Waals surface area contributed by atoms with E-state index in [1.165, 1.54) is 5.56 Å². The maximum Gasteiger partial charge on any atom is 0.222 e. The Hall–Kier alpha value is -1.55. The average molecular weight is 290 g/mol. The monoisotopic (exact) mass is 290 g/mol. The zero-order valence-corrected chi connectivity index (χ0v) is 13.0. The van der Waals surface area contributed by atoms with Crippen molar-refractivity contribution in [2.24, 2.45) is 17.6 Å². The number of likely N-dealkylation sites (tertiary alicyclic amines) is 1. The molecule has 2 rings (SSSR count). The number of ether oxygens (including phenoxy) is 1. The molecule has 1 amide bonds. The lowest BCUT2D eigenvalue weighted by Gasteiger charge is -2.19. The highest BCUT2D eigenvalue weighted by Gasteiger charge is 2.26. The van der Waals surface area contributed by atoms with Gasteiger partial charge in [-0.2, -0.15) is 0 Å². The fraction of sp³-hybridized carbons (Fsp3) is 0.588. The van der Waals surface area contributed by atoms with Gasteiger partial charge in [0.05, 0.1) is 7.11 Å². The second-order valence-corrected chi connectivity index (χ2v) is 6.06. The van der Waals surface area contributed by atoms with Crippen LogP contribution in [-0.2, 0) is 11.2 Å². The van der Waals surface area contributed by atoms with Crippen LogP contribution in [-0.4, -0.2) is 37.6 Å². The lowest BCUT2D eigenvalue weighted by molar-refractivity contribution is -0.131. The Morgan fingerprint density at radius 3 is 2.90 bits per heavy atom. The zero-order chi connectivity index (χ0) is 15.2. The highest BCUT2D eigenvalue weighted by molar-refractivity contribution is 5.76. The number of nitrogens with zero attached hydrogens (tertiary/aromatic N) is 1. The largest absolute Gasteiger partial charge is 0.496 e. The summed E-state index contributed by atoms with van der Waals surface area (Å²) in [6.45, 7) is 4.50. The van der Waals surface area contributed by atoms with Crippen LogP contribution in [0.1, 0.15) is 25.3 Å². The molecule has 2 atom stereocenters. The van der Waals surface area contributed by atoms with Crippen molar-refractivity contribution in [3.8, 4) is 5.75 Å². The fourth-order valence-corrected chi connectivity index (χ4v) is 3.00. The van der Waals surface area contributed by atoms with Crippen LogP contribution in [0.25, 0.3) is 0 Å². The molecule has 0 aromatic heterocycles. The lowest BCUT2D eigenvalue weighted by atomic mass is 9.97. The number of carbonyl (C=O) groups excluding carboxylic acids is 1. The lowest BCUT2D eigenvalue weighted by Crippen LogP contribution is -2.31. The highest BCUT2D eigenvalue weighted by Crippen LogP contribution is 2.23. The number of nitrogens with two attached hydrogens (primary N) is 1. The number of amides is 1. The van der Waals surface area contributed by atoms with E-state index in [1.807, 2.05) is 23.1 Å². The Kier molecular flexibility index (Phi) is 5.62. The van der Waals surface area contributed by atoms with Gasteiger partial charge in [0.2, 0.25) is 5.91 Å². The number of benzene rings is 1. The molecule has 1 aromatic rings. The predicted octanol–water partition coefficient (Wildman–Crippen LogP) is 2.07. The topological polar surface area (TPSA) is 55.6 Å². The van der Waals surface area contributed by atoms with Crippen LogP contribution in [0.4, 0.5) is 0 Å². The van der Waals surface area contributed by atoms with E-state index in [4.69, 9.17) is 10.5 Å². The summed E-state index contributed by atoms with van der Waals surface area (Å²) in [7, 11) is 1.69. The van der Waals surface area contributed by atoms with E-state index in [0.29, 0.717) is 24.8 Å². The molecule has 0 bridgehead atoms. The van der Waals surface area contributed by atoms with Crippen molar-refractivity contribution in [2.45, 2.75) is 26.2 Å². The van der Waals surface area contributed by atoms with E-state index < -0.39 is 0 Å². The van der Waals surface area contributed by atoms with Crippen LogP contribution in [0.15, 0.2) is 24.3 Å². The summed E-state index contributed by atoms with van der Waals surface area (Å²) in [6.07, 6.45) is 2.50. The molecule has 4 nitrogen and oxygen atoms in total. The molecule has 2 N–H and O–H groups in total. The third-order valence-electron chi connectivity index (χ3n) is 4.26. The molecule has 1 aliphatic heterocycles. The molecule has 1 aromatic carbocycles. The summed E-state index contributed by atoms with van der Waals surface area (Å²) in [6, 6.07) is 8.02. The van der Waals surface area contributed by atoms with Crippen molar-refractivity contribution in [2.75, 3.05) is 26.7 Å². The van der Waals surface area contributed by atoms with E-state index in [9.17, 15) is 4.79 Å². The minimum absolute atomic E-state index is 0.258. The van der Waals surface area contributed by atoms with Gasteiger partial charge in [-0.3, -0.25) is 4.79 Å². The molecule has 1 saturated heterocycles. The van der Waals surface area contributed by atoms with Crippen molar-refractivity contribution in [3.63, 3.8) is 0 Å². The van der Waals surface area contributed by atoms with E-state index in [2.05, 4.69) is 13.0 Å². The van der Waals surface area contributed by atoms with Crippen molar-refractivity contribution >= 4 is 5.91 Å². The first kappa shape index (κ1) is 15.8. The summed E-state index contributed by atoms with van der Waals surface area (Å²) in [5.41, 5.74) is 6.85. The van der Waals surface area contributed by atoms with Gasteiger partial charge in [-0.05, 0) is 42.9 Å². The number of hydrogen-bond acceptors (Lipinski definition) is 3. The average Bonchev–Trinajstić information content (AvgIpc) is 2.96. The van der Waals surface area contributed by atoms with Gasteiger partial charge in [0.1, 0.15) is 5.75 Å². The van der Waals surface area contributed by atoms with Gasteiger partial charge in [-0.1, -0.05) is 25.1 Å². The van der Waals surface area contributed by atoms with E-state index >= 15 is 0 Å². The van der Waals surface area contributed by atoms with E-state index in [0.717, 1.165) is 31.7 Å². The third kappa shape index (κ3) is 4.21. The second kappa shape index (κ2) is 7.46. The summed E-state index contributed by atoms with van der Waals surface area (Å²) in [4.78, 5) is 14.3. The Bertz CT molecular complexity index is 476. The first-order valence-electron chi connectivity index (χ1n) is 7.73. The quantitative estimate of drug-likeness (QED) is 0.872. The van der Waals surface area contributed by atoms with Crippen LogP contribution in [0.2, 0.25) is 0 Å². The Morgan fingerprint density at radius 1 is 1.48 bits per heavy atom. The normalized spacial score (nSPS) is 19.6. The summed E-state index contributed by atoms with van der Waals surface area (Å²) < 4.78 is 5.37. The Morgan fingerprint density at radius 2 is 2.24 bits per heavy atom. The van der Waals surface area contributed by atoms with Crippen LogP contribution >= 0.6 is 0 Å². The first-order valence-corrected chi connectivity index (χ1v) is 7.73. The zero-order valence-electron chi connectivity index (χ0n) is 13.0. The van der Waals surface area contributed by atoms with Gasteiger partial charge in [0.15, 0.2) is 0 Å². The van der Waals surface area contributed by atoms with Crippen molar-refractivity contribution < 1.29 is 9.53 Å². The fourth-order valence-electron chi connectivity index (χ4n) is 3.00. The van der Waals surface area contributed by atoms with Crippen molar-refractivity contribution in [1.29, 1.82) is 0 Å². The minimum Gasteiger partial charge on any atom is -0.496 e. The number of rotatable bonds is 6. The molecular weight excluding hydrogens is 264 g/mol. The van der Waals surface area contributed by atoms with Gasteiger partial charge in [0.25, 0.3) is 0 Å². The molecule has 0 radical (unpaired) electrons. The van der Waals surface area contributed by atoms with Crippen LogP contribution in [0.3, 0.4) is 0 Å². The highest BCUT2D eigenvalue weighted by atomic mass is 16.5. The molecule has 4 heteroatoms. The molecule has 1 aliphatic rings. The van der Waals surface area contributed by atoms with Crippen molar-refractivity contribution in [3.05, 3.63) is 29.8 Å². The Balaban J connectivity index is 1.87. The molecule has 21 heavy (non-hydrogen) atoms. The SMILES string of the molecule is COc1ccccc1C[C@@H](C)CC(=O)N1CC[C@H](CN)C1. The number of para-hydroxylation sites is 1. The van der Waals surface area contributed by atoms with Crippen LogP contribution < -0.4 is 10.5 Å². The van der Waals surface area contributed by atoms with Gasteiger partial charge in [-0.25, -0.2) is 0 Å². The third-order valence-corrected chi connectivity index (χ3v) is 4.26. The van der Waals surface area contributed by atoms with Gasteiger partial charge >= 0.3 is 0 Å². The molecule has 0 unspecified atom stereocenters. The smallest absolute Gasteiger partial charge is 0.222 e. The van der Waals surface area contributed by atoms with Crippen LogP contribution in [0.5, 0.6) is 5.75 Å². The predicted molar refractivity (Wildman–Crippen MR) is 84.2 cm³/mol. The molecule has 1 fully saturated rings. The van der Waals surface area contributed by atoms with Gasteiger partial charge in [-0.15, -0.1) is 0 Å². The molecule has 0 spiro atoms. The number of hydrogen-bond donors (Lipinski definition) is 1. The second-order valence-electron chi connectivity index (χ2n) is 6.06. The van der Waals surface area contributed by atoms with Gasteiger partial charge in [0, 0.05) is 19.5 Å².